The van der Waals surface area contributed by atoms with E-state index in [9.17, 15) is 0 Å². The first-order valence-corrected chi connectivity index (χ1v) is 8.78. The molecule has 0 saturated carbocycles. The molecule has 8 heteroatoms. The normalized spacial score (nSPS) is 11.6. The summed E-state index contributed by atoms with van der Waals surface area (Å²) in [6.45, 7) is 1.90. The van der Waals surface area contributed by atoms with Crippen molar-refractivity contribution in [3.63, 3.8) is 0 Å². The number of furan rings is 2. The van der Waals surface area contributed by atoms with Crippen LogP contribution in [-0.4, -0.2) is 24.7 Å². The van der Waals surface area contributed by atoms with Gasteiger partial charge >= 0.3 is 0 Å². The first kappa shape index (κ1) is 15.2. The van der Waals surface area contributed by atoms with Gasteiger partial charge in [0.15, 0.2) is 21.6 Å². The van der Waals surface area contributed by atoms with Crippen molar-refractivity contribution in [2.24, 2.45) is 7.05 Å². The van der Waals surface area contributed by atoms with Crippen molar-refractivity contribution in [1.82, 2.24) is 24.7 Å². The average molecular weight is 363 g/mol. The minimum atomic E-state index is 0.655. The SMILES string of the molecule is Cc1occc1-c1nnc(Sc2ncnc3c2oc2ccccc23)n1C. The molecule has 0 aliphatic heterocycles. The van der Waals surface area contributed by atoms with E-state index >= 15 is 0 Å². The molecular formula is C18H13N5O2S. The standard InChI is InChI=1S/C18H13N5O2S/c1-10-11(7-8-24-10)16-21-22-18(23(16)2)26-17-15-14(19-9-20-17)12-5-3-4-6-13(12)25-15/h3-9H,1-2H3. The lowest BCUT2D eigenvalue weighted by Crippen LogP contribution is -1.95. The Hall–Kier alpha value is -3.13. The van der Waals surface area contributed by atoms with Gasteiger partial charge in [-0.05, 0) is 36.9 Å². The zero-order valence-corrected chi connectivity index (χ0v) is 14.8. The maximum atomic E-state index is 5.98. The third-order valence-corrected chi connectivity index (χ3v) is 5.27. The van der Waals surface area contributed by atoms with Crippen LogP contribution >= 0.6 is 11.8 Å². The maximum absolute atomic E-state index is 5.98. The topological polar surface area (TPSA) is 82.8 Å². The van der Waals surface area contributed by atoms with E-state index in [2.05, 4.69) is 20.2 Å². The van der Waals surface area contributed by atoms with Crippen LogP contribution in [0.4, 0.5) is 0 Å². The highest BCUT2D eigenvalue weighted by atomic mass is 32.2. The van der Waals surface area contributed by atoms with Gasteiger partial charge in [0.25, 0.3) is 0 Å². The molecule has 1 aromatic carbocycles. The van der Waals surface area contributed by atoms with Gasteiger partial charge in [0.05, 0.1) is 11.8 Å². The van der Waals surface area contributed by atoms with Gasteiger partial charge in [0.1, 0.15) is 23.2 Å². The molecule has 26 heavy (non-hydrogen) atoms. The van der Waals surface area contributed by atoms with Crippen molar-refractivity contribution in [2.45, 2.75) is 17.1 Å². The number of fused-ring (bicyclic) bond motifs is 3. The predicted molar refractivity (Wildman–Crippen MR) is 96.9 cm³/mol. The lowest BCUT2D eigenvalue weighted by molar-refractivity contribution is 0.534. The summed E-state index contributed by atoms with van der Waals surface area (Å²) in [7, 11) is 1.92. The molecule has 0 N–H and O–H groups in total. The molecule has 0 aliphatic rings. The van der Waals surface area contributed by atoms with Gasteiger partial charge in [-0.15, -0.1) is 10.2 Å². The Bertz CT molecular complexity index is 1250. The Labute approximate surface area is 152 Å². The van der Waals surface area contributed by atoms with Crippen molar-refractivity contribution < 1.29 is 8.83 Å². The Balaban J connectivity index is 1.60. The van der Waals surface area contributed by atoms with E-state index in [-0.39, 0.29) is 0 Å². The molecule has 4 heterocycles. The lowest BCUT2D eigenvalue weighted by atomic mass is 10.2. The molecule has 0 atom stereocenters. The maximum Gasteiger partial charge on any atom is 0.197 e. The van der Waals surface area contributed by atoms with Crippen molar-refractivity contribution in [3.8, 4) is 11.4 Å². The fraction of sp³-hybridized carbons (Fsp3) is 0.111. The minimum absolute atomic E-state index is 0.655. The fourth-order valence-electron chi connectivity index (χ4n) is 2.92. The summed E-state index contributed by atoms with van der Waals surface area (Å²) in [5, 5.41) is 11.0. The molecule has 4 aromatic heterocycles. The second-order valence-corrected chi connectivity index (χ2v) is 6.77. The summed E-state index contributed by atoms with van der Waals surface area (Å²) in [6, 6.07) is 9.70. The van der Waals surface area contributed by atoms with Gasteiger partial charge in [0.2, 0.25) is 0 Å². The van der Waals surface area contributed by atoms with Crippen molar-refractivity contribution in [1.29, 1.82) is 0 Å². The number of aromatic nitrogens is 5. The Kier molecular flexibility index (Phi) is 3.32. The minimum Gasteiger partial charge on any atom is -0.469 e. The molecule has 7 nitrogen and oxygen atoms in total. The second kappa shape index (κ2) is 5.70. The van der Waals surface area contributed by atoms with Crippen LogP contribution in [0.15, 0.2) is 61.9 Å². The largest absolute Gasteiger partial charge is 0.469 e. The molecular weight excluding hydrogens is 350 g/mol. The van der Waals surface area contributed by atoms with Crippen LogP contribution in [0.25, 0.3) is 33.5 Å². The number of nitrogens with zero attached hydrogens (tertiary/aromatic N) is 5. The highest BCUT2D eigenvalue weighted by Gasteiger charge is 2.19. The average Bonchev–Trinajstić information content (AvgIpc) is 3.33. The molecule has 0 fully saturated rings. The first-order chi connectivity index (χ1) is 12.7. The van der Waals surface area contributed by atoms with E-state index < -0.39 is 0 Å². The quantitative estimate of drug-likeness (QED) is 0.444. The van der Waals surface area contributed by atoms with Crippen LogP contribution in [0.3, 0.4) is 0 Å². The van der Waals surface area contributed by atoms with Crippen molar-refractivity contribution in [2.75, 3.05) is 0 Å². The lowest BCUT2D eigenvalue weighted by Gasteiger charge is -2.02. The van der Waals surface area contributed by atoms with Crippen molar-refractivity contribution in [3.05, 3.63) is 48.7 Å². The fourth-order valence-corrected chi connectivity index (χ4v) is 3.73. The molecule has 0 spiro atoms. The molecule has 0 bridgehead atoms. The van der Waals surface area contributed by atoms with E-state index in [1.54, 1.807) is 12.6 Å². The van der Waals surface area contributed by atoms with Crippen LogP contribution in [0.2, 0.25) is 0 Å². The third-order valence-electron chi connectivity index (χ3n) is 4.25. The Morgan fingerprint density at radius 1 is 1.08 bits per heavy atom. The summed E-state index contributed by atoms with van der Waals surface area (Å²) in [4.78, 5) is 8.76. The number of hydrogen-bond acceptors (Lipinski definition) is 7. The van der Waals surface area contributed by atoms with Crippen molar-refractivity contribution >= 4 is 33.8 Å². The number of para-hydroxylation sites is 1. The predicted octanol–water partition coefficient (Wildman–Crippen LogP) is 4.22. The van der Waals surface area contributed by atoms with Crippen LogP contribution in [0.5, 0.6) is 0 Å². The third kappa shape index (κ3) is 2.22. The molecule has 5 aromatic rings. The smallest absolute Gasteiger partial charge is 0.197 e. The summed E-state index contributed by atoms with van der Waals surface area (Å²) < 4.78 is 13.3. The number of benzene rings is 1. The van der Waals surface area contributed by atoms with E-state index in [4.69, 9.17) is 8.83 Å². The monoisotopic (exact) mass is 363 g/mol. The molecule has 0 aliphatic carbocycles. The van der Waals surface area contributed by atoms with Gasteiger partial charge < -0.3 is 13.4 Å². The van der Waals surface area contributed by atoms with Crippen LogP contribution in [0, 0.1) is 6.92 Å². The summed E-state index contributed by atoms with van der Waals surface area (Å²) in [6.07, 6.45) is 3.19. The van der Waals surface area contributed by atoms with Gasteiger partial charge in [0, 0.05) is 12.4 Å². The van der Waals surface area contributed by atoms with Gasteiger partial charge in [-0.2, -0.15) is 0 Å². The highest BCUT2D eigenvalue weighted by Crippen LogP contribution is 2.36. The molecule has 0 unspecified atom stereocenters. The molecule has 0 radical (unpaired) electrons. The highest BCUT2D eigenvalue weighted by molar-refractivity contribution is 7.99. The van der Waals surface area contributed by atoms with E-state index in [1.165, 1.54) is 11.8 Å². The van der Waals surface area contributed by atoms with E-state index in [0.29, 0.717) is 15.8 Å². The number of hydrogen-bond donors (Lipinski definition) is 0. The summed E-state index contributed by atoms with van der Waals surface area (Å²) in [5.74, 6) is 1.55. The Morgan fingerprint density at radius 3 is 2.81 bits per heavy atom. The van der Waals surface area contributed by atoms with Crippen LogP contribution in [0.1, 0.15) is 5.76 Å². The zero-order chi connectivity index (χ0) is 17.7. The Morgan fingerprint density at radius 2 is 1.96 bits per heavy atom. The molecule has 0 saturated heterocycles. The number of aryl methyl sites for hydroxylation is 1. The summed E-state index contributed by atoms with van der Waals surface area (Å²) in [5.41, 5.74) is 3.16. The van der Waals surface area contributed by atoms with Crippen LogP contribution < -0.4 is 0 Å². The zero-order valence-electron chi connectivity index (χ0n) is 14.0. The van der Waals surface area contributed by atoms with Gasteiger partial charge in [-0.1, -0.05) is 12.1 Å². The second-order valence-electron chi connectivity index (χ2n) is 5.81. The van der Waals surface area contributed by atoms with Gasteiger partial charge in [-0.25, -0.2) is 9.97 Å². The number of rotatable bonds is 3. The summed E-state index contributed by atoms with van der Waals surface area (Å²) >= 11 is 1.40. The molecule has 0 amide bonds. The van der Waals surface area contributed by atoms with Gasteiger partial charge in [-0.3, -0.25) is 0 Å². The van der Waals surface area contributed by atoms with E-state index in [1.807, 2.05) is 48.9 Å². The first-order valence-electron chi connectivity index (χ1n) is 7.96. The van der Waals surface area contributed by atoms with E-state index in [0.717, 1.165) is 33.6 Å². The van der Waals surface area contributed by atoms with Crippen LogP contribution in [-0.2, 0) is 7.05 Å². The molecule has 128 valence electrons. The molecule has 5 rings (SSSR count).